The Balaban J connectivity index is 2.02. The highest BCUT2D eigenvalue weighted by molar-refractivity contribution is 5.86. The molecule has 0 aliphatic heterocycles. The van der Waals surface area contributed by atoms with Crippen LogP contribution in [0.4, 0.5) is 0 Å². The minimum Gasteiger partial charge on any atom is -0.493 e. The lowest BCUT2D eigenvalue weighted by molar-refractivity contribution is -0.131. The predicted molar refractivity (Wildman–Crippen MR) is 94.2 cm³/mol. The SMILES string of the molecule is CCCOc1ccccc1C=NNC(=O)[C@@H](OC)c1ccccc1. The quantitative estimate of drug-likeness (QED) is 0.598. The molecule has 0 spiro atoms. The van der Waals surface area contributed by atoms with Gasteiger partial charge in [-0.1, -0.05) is 49.4 Å². The van der Waals surface area contributed by atoms with Crippen LogP contribution in [-0.4, -0.2) is 25.8 Å². The number of ether oxygens (including phenoxy) is 2. The lowest BCUT2D eigenvalue weighted by Crippen LogP contribution is -2.26. The Hall–Kier alpha value is -2.66. The number of hydrogen-bond acceptors (Lipinski definition) is 4. The first kappa shape index (κ1) is 17.7. The second-order valence-electron chi connectivity index (χ2n) is 5.15. The molecule has 1 N–H and O–H groups in total. The van der Waals surface area contributed by atoms with E-state index in [0.29, 0.717) is 6.61 Å². The summed E-state index contributed by atoms with van der Waals surface area (Å²) in [5.74, 6) is 0.413. The number of hydrazone groups is 1. The Morgan fingerprint density at radius 2 is 1.88 bits per heavy atom. The van der Waals surface area contributed by atoms with Gasteiger partial charge in [0, 0.05) is 12.7 Å². The van der Waals surface area contributed by atoms with Crippen LogP contribution in [0, 0.1) is 0 Å². The summed E-state index contributed by atoms with van der Waals surface area (Å²) >= 11 is 0. The van der Waals surface area contributed by atoms with Crippen molar-refractivity contribution in [1.82, 2.24) is 5.43 Å². The van der Waals surface area contributed by atoms with E-state index in [-0.39, 0.29) is 5.91 Å². The Kier molecular flexibility index (Phi) is 6.98. The first-order chi connectivity index (χ1) is 11.8. The number of nitrogens with one attached hydrogen (secondary N) is 1. The highest BCUT2D eigenvalue weighted by Gasteiger charge is 2.19. The van der Waals surface area contributed by atoms with Crippen LogP contribution >= 0.6 is 0 Å². The summed E-state index contributed by atoms with van der Waals surface area (Å²) < 4.78 is 10.9. The Labute approximate surface area is 142 Å². The van der Waals surface area contributed by atoms with E-state index in [2.05, 4.69) is 10.5 Å². The Morgan fingerprint density at radius 1 is 1.17 bits per heavy atom. The van der Waals surface area contributed by atoms with Gasteiger partial charge >= 0.3 is 0 Å². The van der Waals surface area contributed by atoms with Crippen molar-refractivity contribution in [2.45, 2.75) is 19.4 Å². The van der Waals surface area contributed by atoms with Crippen LogP contribution in [0.3, 0.4) is 0 Å². The number of nitrogens with zero attached hydrogens (tertiary/aromatic N) is 1. The van der Waals surface area contributed by atoms with Crippen molar-refractivity contribution in [3.8, 4) is 5.75 Å². The van der Waals surface area contributed by atoms with Gasteiger partial charge in [0.15, 0.2) is 6.10 Å². The van der Waals surface area contributed by atoms with E-state index in [0.717, 1.165) is 23.3 Å². The van der Waals surface area contributed by atoms with Gasteiger partial charge in [-0.25, -0.2) is 5.43 Å². The minimum atomic E-state index is -0.699. The number of rotatable bonds is 8. The molecule has 0 radical (unpaired) electrons. The molecule has 2 rings (SSSR count). The summed E-state index contributed by atoms with van der Waals surface area (Å²) in [5.41, 5.74) is 4.10. The molecule has 5 heteroatoms. The molecule has 5 nitrogen and oxygen atoms in total. The second-order valence-corrected chi connectivity index (χ2v) is 5.15. The van der Waals surface area contributed by atoms with E-state index < -0.39 is 6.10 Å². The van der Waals surface area contributed by atoms with Gasteiger partial charge < -0.3 is 9.47 Å². The molecule has 0 aliphatic carbocycles. The molecule has 0 saturated carbocycles. The van der Waals surface area contributed by atoms with E-state index in [4.69, 9.17) is 9.47 Å². The molecule has 1 atom stereocenters. The molecule has 2 aromatic carbocycles. The van der Waals surface area contributed by atoms with Crippen LogP contribution in [0.25, 0.3) is 0 Å². The largest absolute Gasteiger partial charge is 0.493 e. The molecule has 0 aliphatic rings. The summed E-state index contributed by atoms with van der Waals surface area (Å²) in [6.07, 6.45) is 1.80. The zero-order valence-electron chi connectivity index (χ0n) is 13.9. The number of benzene rings is 2. The number of hydrogen-bond donors (Lipinski definition) is 1. The van der Waals surface area contributed by atoms with Gasteiger partial charge in [0.1, 0.15) is 5.75 Å². The lowest BCUT2D eigenvalue weighted by atomic mass is 10.1. The lowest BCUT2D eigenvalue weighted by Gasteiger charge is -2.13. The van der Waals surface area contributed by atoms with Crippen LogP contribution < -0.4 is 10.2 Å². The first-order valence-electron chi connectivity index (χ1n) is 7.88. The fraction of sp³-hybridized carbons (Fsp3) is 0.263. The molecule has 0 aromatic heterocycles. The van der Waals surface area contributed by atoms with E-state index in [1.165, 1.54) is 7.11 Å². The number of para-hydroxylation sites is 1. The number of carbonyl (C=O) groups is 1. The molecule has 1 amide bonds. The zero-order valence-corrected chi connectivity index (χ0v) is 13.9. The van der Waals surface area contributed by atoms with E-state index in [1.807, 2.05) is 61.5 Å². The van der Waals surface area contributed by atoms with Crippen molar-refractivity contribution in [3.63, 3.8) is 0 Å². The van der Waals surface area contributed by atoms with Crippen LogP contribution in [0.1, 0.15) is 30.6 Å². The third-order valence-electron chi connectivity index (χ3n) is 3.34. The van der Waals surface area contributed by atoms with Gasteiger partial charge in [-0.05, 0) is 24.1 Å². The smallest absolute Gasteiger partial charge is 0.273 e. The second kappa shape index (κ2) is 9.47. The summed E-state index contributed by atoms with van der Waals surface area (Å²) in [7, 11) is 1.49. The summed E-state index contributed by atoms with van der Waals surface area (Å²) in [6.45, 7) is 2.68. The topological polar surface area (TPSA) is 59.9 Å². The van der Waals surface area contributed by atoms with Gasteiger partial charge in [-0.3, -0.25) is 4.79 Å². The average molecular weight is 326 g/mol. The molecule has 24 heavy (non-hydrogen) atoms. The Morgan fingerprint density at radius 3 is 2.58 bits per heavy atom. The van der Waals surface area contributed by atoms with Gasteiger partial charge in [0.25, 0.3) is 5.91 Å². The molecule has 126 valence electrons. The monoisotopic (exact) mass is 326 g/mol. The van der Waals surface area contributed by atoms with E-state index in [9.17, 15) is 4.79 Å². The molecule has 0 saturated heterocycles. The van der Waals surface area contributed by atoms with Gasteiger partial charge in [0.2, 0.25) is 0 Å². The molecular weight excluding hydrogens is 304 g/mol. The molecular formula is C19H22N2O3. The number of methoxy groups -OCH3 is 1. The third kappa shape index (κ3) is 4.93. The molecule has 0 fully saturated rings. The fourth-order valence-corrected chi connectivity index (χ4v) is 2.18. The van der Waals surface area contributed by atoms with E-state index in [1.54, 1.807) is 6.21 Å². The van der Waals surface area contributed by atoms with Crippen LogP contribution in [0.2, 0.25) is 0 Å². The standard InChI is InChI=1S/C19H22N2O3/c1-3-13-24-17-12-8-7-11-16(17)14-20-21-19(22)18(23-2)15-9-5-4-6-10-15/h4-12,14,18H,3,13H2,1-2H3,(H,21,22)/t18-/m0/s1. The first-order valence-corrected chi connectivity index (χ1v) is 7.88. The highest BCUT2D eigenvalue weighted by Crippen LogP contribution is 2.17. The van der Waals surface area contributed by atoms with Crippen molar-refractivity contribution < 1.29 is 14.3 Å². The average Bonchev–Trinajstić information content (AvgIpc) is 2.62. The molecule has 0 bridgehead atoms. The minimum absolute atomic E-state index is 0.327. The number of carbonyl (C=O) groups excluding carboxylic acids is 1. The normalized spacial score (nSPS) is 12.1. The van der Waals surface area contributed by atoms with E-state index >= 15 is 0 Å². The molecule has 0 unspecified atom stereocenters. The highest BCUT2D eigenvalue weighted by atomic mass is 16.5. The van der Waals surface area contributed by atoms with Gasteiger partial charge in [-0.15, -0.1) is 0 Å². The van der Waals surface area contributed by atoms with Crippen molar-refractivity contribution >= 4 is 12.1 Å². The maximum absolute atomic E-state index is 12.2. The van der Waals surface area contributed by atoms with Crippen LogP contribution in [-0.2, 0) is 9.53 Å². The van der Waals surface area contributed by atoms with Crippen LogP contribution in [0.5, 0.6) is 5.75 Å². The molecule has 0 heterocycles. The fourth-order valence-electron chi connectivity index (χ4n) is 2.18. The van der Waals surface area contributed by atoms with Crippen LogP contribution in [0.15, 0.2) is 59.7 Å². The number of amides is 1. The summed E-state index contributed by atoms with van der Waals surface area (Å²) in [6, 6.07) is 16.8. The maximum Gasteiger partial charge on any atom is 0.273 e. The Bertz CT molecular complexity index is 671. The predicted octanol–water partition coefficient (Wildman–Crippen LogP) is 3.31. The van der Waals surface area contributed by atoms with Gasteiger partial charge in [-0.2, -0.15) is 5.10 Å². The third-order valence-corrected chi connectivity index (χ3v) is 3.34. The summed E-state index contributed by atoms with van der Waals surface area (Å²) in [4.78, 5) is 12.2. The zero-order chi connectivity index (χ0) is 17.2. The summed E-state index contributed by atoms with van der Waals surface area (Å²) in [5, 5.41) is 4.02. The van der Waals surface area contributed by atoms with Crippen molar-refractivity contribution in [2.24, 2.45) is 5.10 Å². The maximum atomic E-state index is 12.2. The van der Waals surface area contributed by atoms with Crippen molar-refractivity contribution in [1.29, 1.82) is 0 Å². The van der Waals surface area contributed by atoms with Crippen molar-refractivity contribution in [3.05, 3.63) is 65.7 Å². The van der Waals surface area contributed by atoms with Crippen molar-refractivity contribution in [2.75, 3.05) is 13.7 Å². The molecule has 2 aromatic rings. The van der Waals surface area contributed by atoms with Gasteiger partial charge in [0.05, 0.1) is 12.8 Å².